The van der Waals surface area contributed by atoms with E-state index in [1.807, 2.05) is 40.6 Å². The number of carbonyl (C=O) groups is 1. The molecule has 27 heavy (non-hydrogen) atoms. The summed E-state index contributed by atoms with van der Waals surface area (Å²) in [6.07, 6.45) is 7.73. The number of likely N-dealkylation sites (tertiary alicyclic amines) is 2. The molecule has 1 spiro atoms. The van der Waals surface area contributed by atoms with Crippen molar-refractivity contribution in [1.29, 1.82) is 0 Å². The summed E-state index contributed by atoms with van der Waals surface area (Å²) in [6.45, 7) is 6.70. The Morgan fingerprint density at radius 2 is 2.11 bits per heavy atom. The molecule has 2 aromatic rings. The molecule has 3 fully saturated rings. The molecule has 0 N–H and O–H groups in total. The standard InChI is InChI=1S/C21H28N4O2/c1-16-19(22-18-6-2-3-11-25(16)18)20(26)24-12-8-21(15-24)14-17(7-13-27-21)23-9-4-5-10-23/h2-3,6,11,17H,4-5,7-10,12-15H2,1H3/t17-,21-/m1/s1. The quantitative estimate of drug-likeness (QED) is 0.817. The Balaban J connectivity index is 1.33. The Hall–Kier alpha value is -1.92. The minimum absolute atomic E-state index is 0.0416. The SMILES string of the molecule is Cc1c(C(=O)N2CC[C@@]3(C[C@H](N4CCCC4)CCO3)C2)nc2ccccn12. The minimum Gasteiger partial charge on any atom is -0.373 e. The smallest absolute Gasteiger partial charge is 0.274 e. The Bertz CT molecular complexity index is 857. The number of aromatic nitrogens is 2. The van der Waals surface area contributed by atoms with Crippen LogP contribution in [0.2, 0.25) is 0 Å². The van der Waals surface area contributed by atoms with Gasteiger partial charge in [-0.25, -0.2) is 4.98 Å². The summed E-state index contributed by atoms with van der Waals surface area (Å²) in [5.41, 5.74) is 2.16. The van der Waals surface area contributed by atoms with Crippen LogP contribution >= 0.6 is 0 Å². The normalized spacial score (nSPS) is 29.2. The summed E-state index contributed by atoms with van der Waals surface area (Å²) in [6, 6.07) is 6.48. The lowest BCUT2D eigenvalue weighted by Crippen LogP contribution is -2.49. The Kier molecular flexibility index (Phi) is 4.20. The molecule has 1 amide bonds. The second-order valence-electron chi connectivity index (χ2n) is 8.37. The number of nitrogens with zero attached hydrogens (tertiary/aromatic N) is 4. The lowest BCUT2D eigenvalue weighted by atomic mass is 9.89. The van der Waals surface area contributed by atoms with Gasteiger partial charge in [-0.3, -0.25) is 4.79 Å². The predicted octanol–water partition coefficient (Wildman–Crippen LogP) is 2.50. The number of carbonyl (C=O) groups excluding carboxylic acids is 1. The summed E-state index contributed by atoms with van der Waals surface area (Å²) < 4.78 is 8.26. The number of hydrogen-bond acceptors (Lipinski definition) is 4. The molecule has 3 saturated heterocycles. The molecule has 2 atom stereocenters. The highest BCUT2D eigenvalue weighted by atomic mass is 16.5. The molecule has 0 aliphatic carbocycles. The third-order valence-electron chi connectivity index (χ3n) is 6.70. The predicted molar refractivity (Wildman–Crippen MR) is 103 cm³/mol. The molecule has 2 aromatic heterocycles. The molecule has 5 rings (SSSR count). The van der Waals surface area contributed by atoms with Crippen LogP contribution in [0, 0.1) is 6.92 Å². The molecule has 0 saturated carbocycles. The van der Waals surface area contributed by atoms with E-state index in [1.165, 1.54) is 25.9 Å². The maximum absolute atomic E-state index is 13.2. The first kappa shape index (κ1) is 17.2. The number of aryl methyl sites for hydroxylation is 1. The van der Waals surface area contributed by atoms with Crippen molar-refractivity contribution in [2.24, 2.45) is 0 Å². The maximum Gasteiger partial charge on any atom is 0.274 e. The first-order valence-electron chi connectivity index (χ1n) is 10.3. The Labute approximate surface area is 160 Å². The van der Waals surface area contributed by atoms with Gasteiger partial charge < -0.3 is 18.9 Å². The molecule has 5 heterocycles. The number of pyridine rings is 1. The van der Waals surface area contributed by atoms with Crippen molar-refractivity contribution in [3.63, 3.8) is 0 Å². The fraction of sp³-hybridized carbons (Fsp3) is 0.619. The molecule has 0 aromatic carbocycles. The van der Waals surface area contributed by atoms with Crippen LogP contribution in [0.5, 0.6) is 0 Å². The number of amides is 1. The topological polar surface area (TPSA) is 50.1 Å². The number of hydrogen-bond donors (Lipinski definition) is 0. The van der Waals surface area contributed by atoms with Crippen molar-refractivity contribution in [2.45, 2.75) is 50.7 Å². The summed E-state index contributed by atoms with van der Waals surface area (Å²) in [7, 11) is 0. The van der Waals surface area contributed by atoms with Crippen LogP contribution in [-0.4, -0.2) is 69.5 Å². The van der Waals surface area contributed by atoms with Gasteiger partial charge in [0, 0.05) is 25.4 Å². The average molecular weight is 368 g/mol. The van der Waals surface area contributed by atoms with Crippen LogP contribution in [0.15, 0.2) is 24.4 Å². The number of imidazole rings is 1. The molecule has 6 nitrogen and oxygen atoms in total. The van der Waals surface area contributed by atoms with E-state index in [2.05, 4.69) is 9.88 Å². The third kappa shape index (κ3) is 2.95. The summed E-state index contributed by atoms with van der Waals surface area (Å²) in [4.78, 5) is 22.4. The van der Waals surface area contributed by atoms with Crippen molar-refractivity contribution in [1.82, 2.24) is 19.2 Å². The zero-order chi connectivity index (χ0) is 18.4. The molecular formula is C21H28N4O2. The van der Waals surface area contributed by atoms with Crippen LogP contribution in [0.3, 0.4) is 0 Å². The number of fused-ring (bicyclic) bond motifs is 1. The minimum atomic E-state index is -0.159. The fourth-order valence-electron chi connectivity index (χ4n) is 5.19. The van der Waals surface area contributed by atoms with Crippen molar-refractivity contribution in [2.75, 3.05) is 32.8 Å². The maximum atomic E-state index is 13.2. The van der Waals surface area contributed by atoms with Gasteiger partial charge in [-0.15, -0.1) is 0 Å². The highest BCUT2D eigenvalue weighted by Crippen LogP contribution is 2.37. The van der Waals surface area contributed by atoms with E-state index in [0.29, 0.717) is 18.3 Å². The van der Waals surface area contributed by atoms with Gasteiger partial charge in [0.05, 0.1) is 17.8 Å². The van der Waals surface area contributed by atoms with Crippen molar-refractivity contribution in [3.05, 3.63) is 35.8 Å². The summed E-state index contributed by atoms with van der Waals surface area (Å²) >= 11 is 0. The molecular weight excluding hydrogens is 340 g/mol. The third-order valence-corrected chi connectivity index (χ3v) is 6.70. The van der Waals surface area contributed by atoms with Crippen LogP contribution in [0.25, 0.3) is 5.65 Å². The number of ether oxygens (including phenoxy) is 1. The van der Waals surface area contributed by atoms with E-state index in [9.17, 15) is 4.79 Å². The largest absolute Gasteiger partial charge is 0.373 e. The molecule has 3 aliphatic rings. The van der Waals surface area contributed by atoms with Gasteiger partial charge >= 0.3 is 0 Å². The van der Waals surface area contributed by atoms with Crippen LogP contribution < -0.4 is 0 Å². The lowest BCUT2D eigenvalue weighted by molar-refractivity contribution is -0.0946. The lowest BCUT2D eigenvalue weighted by Gasteiger charge is -2.41. The molecule has 0 unspecified atom stereocenters. The molecule has 6 heteroatoms. The van der Waals surface area contributed by atoms with Gasteiger partial charge in [-0.2, -0.15) is 0 Å². The van der Waals surface area contributed by atoms with E-state index in [1.54, 1.807) is 0 Å². The van der Waals surface area contributed by atoms with Gasteiger partial charge in [0.2, 0.25) is 0 Å². The summed E-state index contributed by atoms with van der Waals surface area (Å²) in [5, 5.41) is 0. The Morgan fingerprint density at radius 3 is 2.93 bits per heavy atom. The molecule has 0 bridgehead atoms. The van der Waals surface area contributed by atoms with E-state index >= 15 is 0 Å². The van der Waals surface area contributed by atoms with Gasteiger partial charge in [-0.05, 0) is 64.3 Å². The van der Waals surface area contributed by atoms with E-state index in [4.69, 9.17) is 4.74 Å². The van der Waals surface area contributed by atoms with Crippen molar-refractivity contribution >= 4 is 11.6 Å². The molecule has 144 valence electrons. The van der Waals surface area contributed by atoms with E-state index in [-0.39, 0.29) is 11.5 Å². The summed E-state index contributed by atoms with van der Waals surface area (Å²) in [5.74, 6) is 0.0416. The van der Waals surface area contributed by atoms with Crippen molar-refractivity contribution < 1.29 is 9.53 Å². The second kappa shape index (κ2) is 6.60. The highest BCUT2D eigenvalue weighted by molar-refractivity contribution is 5.94. The number of rotatable bonds is 2. The van der Waals surface area contributed by atoms with Gasteiger partial charge in [0.25, 0.3) is 5.91 Å². The van der Waals surface area contributed by atoms with Crippen LogP contribution in [0.4, 0.5) is 0 Å². The Morgan fingerprint density at radius 1 is 1.26 bits per heavy atom. The highest BCUT2D eigenvalue weighted by Gasteiger charge is 2.46. The zero-order valence-electron chi connectivity index (χ0n) is 16.1. The zero-order valence-corrected chi connectivity index (χ0v) is 16.1. The first-order chi connectivity index (χ1) is 13.2. The first-order valence-corrected chi connectivity index (χ1v) is 10.3. The van der Waals surface area contributed by atoms with E-state index in [0.717, 1.165) is 43.8 Å². The second-order valence-corrected chi connectivity index (χ2v) is 8.37. The molecule has 0 radical (unpaired) electrons. The molecule has 3 aliphatic heterocycles. The van der Waals surface area contributed by atoms with Gasteiger partial charge in [0.15, 0.2) is 0 Å². The van der Waals surface area contributed by atoms with Crippen molar-refractivity contribution in [3.8, 4) is 0 Å². The average Bonchev–Trinajstić information content (AvgIpc) is 3.42. The van der Waals surface area contributed by atoms with Crippen LogP contribution in [0.1, 0.15) is 48.3 Å². The van der Waals surface area contributed by atoms with Crippen LogP contribution in [-0.2, 0) is 4.74 Å². The fourth-order valence-corrected chi connectivity index (χ4v) is 5.19. The monoisotopic (exact) mass is 368 g/mol. The van der Waals surface area contributed by atoms with E-state index < -0.39 is 0 Å². The van der Waals surface area contributed by atoms with Gasteiger partial charge in [-0.1, -0.05) is 6.07 Å². The van der Waals surface area contributed by atoms with Gasteiger partial charge in [0.1, 0.15) is 11.3 Å².